The molecule has 4 rings (SSSR count). The van der Waals surface area contributed by atoms with Crippen molar-refractivity contribution in [3.63, 3.8) is 0 Å². The molecule has 0 bridgehead atoms. The maximum Gasteiger partial charge on any atom is 0.232 e. The summed E-state index contributed by atoms with van der Waals surface area (Å²) in [5.41, 5.74) is 0.643. The van der Waals surface area contributed by atoms with Crippen molar-refractivity contribution >= 4 is 28.3 Å². The molecule has 1 aliphatic heterocycles. The Hall–Kier alpha value is -1.43. The molecule has 0 unspecified atom stereocenters. The van der Waals surface area contributed by atoms with Crippen LogP contribution in [0.15, 0.2) is 0 Å². The highest BCUT2D eigenvalue weighted by atomic mass is 32.1. The van der Waals surface area contributed by atoms with Crippen LogP contribution in [0.25, 0.3) is 0 Å². The first-order valence-corrected chi connectivity index (χ1v) is 10.8. The van der Waals surface area contributed by atoms with Gasteiger partial charge in [0, 0.05) is 28.7 Å². The minimum atomic E-state index is -0.245. The lowest BCUT2D eigenvalue weighted by Gasteiger charge is -2.33. The van der Waals surface area contributed by atoms with Gasteiger partial charge in [0.25, 0.3) is 0 Å². The highest BCUT2D eigenvalue weighted by Gasteiger charge is 2.40. The molecular formula is C20H29N3O2S. The van der Waals surface area contributed by atoms with E-state index in [1.54, 1.807) is 11.3 Å². The predicted octanol–water partition coefficient (Wildman–Crippen LogP) is 4.13. The Morgan fingerprint density at radius 1 is 1.04 bits per heavy atom. The second-order valence-electron chi connectivity index (χ2n) is 8.86. The lowest BCUT2D eigenvalue weighted by molar-refractivity contribution is -0.141. The molecule has 1 aromatic rings. The fourth-order valence-corrected chi connectivity index (χ4v) is 5.82. The van der Waals surface area contributed by atoms with Gasteiger partial charge in [-0.15, -0.1) is 0 Å². The number of hydrogen-bond acceptors (Lipinski definition) is 4. The molecule has 0 atom stereocenters. The first-order chi connectivity index (χ1) is 12.4. The average molecular weight is 376 g/mol. The van der Waals surface area contributed by atoms with Crippen molar-refractivity contribution in [3.8, 4) is 0 Å². The summed E-state index contributed by atoms with van der Waals surface area (Å²) in [5.74, 6) is 0.408. The predicted molar refractivity (Wildman–Crippen MR) is 103 cm³/mol. The van der Waals surface area contributed by atoms with Gasteiger partial charge < -0.3 is 10.2 Å². The van der Waals surface area contributed by atoms with Gasteiger partial charge in [-0.3, -0.25) is 9.59 Å². The molecule has 26 heavy (non-hydrogen) atoms. The van der Waals surface area contributed by atoms with E-state index >= 15 is 0 Å². The van der Waals surface area contributed by atoms with E-state index in [4.69, 9.17) is 0 Å². The minimum Gasteiger partial charge on any atom is -0.337 e. The number of aromatic nitrogens is 1. The van der Waals surface area contributed by atoms with E-state index in [9.17, 15) is 9.59 Å². The van der Waals surface area contributed by atoms with Crippen molar-refractivity contribution in [3.05, 3.63) is 10.6 Å². The SMILES string of the molecule is CC1(C(=O)Nc2nc3c(s2)CN(C(=O)C2(C)CCCC2)CC3)CCCC1. The number of nitrogens with zero attached hydrogens (tertiary/aromatic N) is 2. The maximum atomic E-state index is 13.0. The van der Waals surface area contributed by atoms with Crippen LogP contribution in [0.2, 0.25) is 0 Å². The third kappa shape index (κ3) is 3.17. The molecule has 2 saturated carbocycles. The van der Waals surface area contributed by atoms with E-state index in [0.29, 0.717) is 17.6 Å². The molecule has 1 N–H and O–H groups in total. The Balaban J connectivity index is 1.44. The molecule has 142 valence electrons. The zero-order valence-corrected chi connectivity index (χ0v) is 16.7. The Morgan fingerprint density at radius 2 is 1.65 bits per heavy atom. The van der Waals surface area contributed by atoms with E-state index in [2.05, 4.69) is 24.1 Å². The van der Waals surface area contributed by atoms with Crippen molar-refractivity contribution in [2.45, 2.75) is 78.2 Å². The van der Waals surface area contributed by atoms with E-state index in [1.165, 1.54) is 0 Å². The van der Waals surface area contributed by atoms with Crippen molar-refractivity contribution in [1.29, 1.82) is 0 Å². The van der Waals surface area contributed by atoms with Gasteiger partial charge in [0.15, 0.2) is 5.13 Å². The number of hydrogen-bond donors (Lipinski definition) is 1. The number of carbonyl (C=O) groups is 2. The first-order valence-electron chi connectivity index (χ1n) is 9.99. The number of amides is 2. The van der Waals surface area contributed by atoms with Gasteiger partial charge in [0.1, 0.15) is 0 Å². The minimum absolute atomic E-state index is 0.104. The zero-order valence-electron chi connectivity index (χ0n) is 15.9. The van der Waals surface area contributed by atoms with E-state index in [-0.39, 0.29) is 16.7 Å². The molecule has 6 heteroatoms. The van der Waals surface area contributed by atoms with Crippen molar-refractivity contribution < 1.29 is 9.59 Å². The summed E-state index contributed by atoms with van der Waals surface area (Å²) in [7, 11) is 0. The molecule has 3 aliphatic rings. The summed E-state index contributed by atoms with van der Waals surface area (Å²) < 4.78 is 0. The van der Waals surface area contributed by atoms with Crippen LogP contribution in [-0.4, -0.2) is 28.2 Å². The van der Waals surface area contributed by atoms with Gasteiger partial charge in [0.05, 0.1) is 12.2 Å². The summed E-state index contributed by atoms with van der Waals surface area (Å²) in [5, 5.41) is 3.76. The van der Waals surface area contributed by atoms with Crippen molar-refractivity contribution in [1.82, 2.24) is 9.88 Å². The fourth-order valence-electron chi connectivity index (χ4n) is 4.80. The number of nitrogens with one attached hydrogen (secondary N) is 1. The van der Waals surface area contributed by atoms with Crippen molar-refractivity contribution in [2.24, 2.45) is 10.8 Å². The second-order valence-corrected chi connectivity index (χ2v) is 9.94. The van der Waals surface area contributed by atoms with Crippen LogP contribution in [0.4, 0.5) is 5.13 Å². The van der Waals surface area contributed by atoms with E-state index in [0.717, 1.165) is 74.9 Å². The van der Waals surface area contributed by atoms with Crippen LogP contribution < -0.4 is 5.32 Å². The molecule has 2 aliphatic carbocycles. The second kappa shape index (κ2) is 6.63. The Morgan fingerprint density at radius 3 is 2.31 bits per heavy atom. The van der Waals surface area contributed by atoms with Gasteiger partial charge in [-0.2, -0.15) is 0 Å². The number of anilines is 1. The largest absolute Gasteiger partial charge is 0.337 e. The van der Waals surface area contributed by atoms with Gasteiger partial charge in [-0.1, -0.05) is 50.9 Å². The van der Waals surface area contributed by atoms with Gasteiger partial charge in [-0.25, -0.2) is 4.98 Å². The molecule has 2 amide bonds. The Bertz CT molecular complexity index is 715. The average Bonchev–Trinajstić information content (AvgIpc) is 3.34. The van der Waals surface area contributed by atoms with E-state index in [1.807, 2.05) is 4.90 Å². The van der Waals surface area contributed by atoms with Crippen molar-refractivity contribution in [2.75, 3.05) is 11.9 Å². The lowest BCUT2D eigenvalue weighted by atomic mass is 9.86. The standard InChI is InChI=1S/C20H29N3O2S/c1-19(8-3-4-9-19)16(24)22-18-21-14-7-12-23(13-15(14)26-18)17(25)20(2)10-5-6-11-20/h3-13H2,1-2H3,(H,21,22,24). The summed E-state index contributed by atoms with van der Waals surface area (Å²) in [6, 6.07) is 0. The normalized spacial score (nSPS) is 23.7. The monoisotopic (exact) mass is 375 g/mol. The molecule has 0 aromatic carbocycles. The van der Waals surface area contributed by atoms with Crippen LogP contribution in [0.5, 0.6) is 0 Å². The Kier molecular flexibility index (Phi) is 4.58. The van der Waals surface area contributed by atoms with Crippen LogP contribution in [0, 0.1) is 10.8 Å². The maximum absolute atomic E-state index is 13.0. The highest BCUT2D eigenvalue weighted by Crippen LogP contribution is 2.41. The number of rotatable bonds is 3. The van der Waals surface area contributed by atoms with Crippen LogP contribution in [0.1, 0.15) is 75.8 Å². The third-order valence-electron chi connectivity index (χ3n) is 6.72. The number of carbonyl (C=O) groups excluding carboxylic acids is 2. The molecule has 2 fully saturated rings. The van der Waals surface area contributed by atoms with Crippen LogP contribution in [0.3, 0.4) is 0 Å². The van der Waals surface area contributed by atoms with Crippen LogP contribution >= 0.6 is 11.3 Å². The molecule has 0 radical (unpaired) electrons. The summed E-state index contributed by atoms with van der Waals surface area (Å²) in [6.45, 7) is 5.58. The highest BCUT2D eigenvalue weighted by molar-refractivity contribution is 7.15. The fraction of sp³-hybridized carbons (Fsp3) is 0.750. The van der Waals surface area contributed by atoms with Crippen LogP contribution in [-0.2, 0) is 22.6 Å². The Labute approximate surface area is 159 Å². The molecule has 0 saturated heterocycles. The lowest BCUT2D eigenvalue weighted by Crippen LogP contribution is -2.43. The topological polar surface area (TPSA) is 62.3 Å². The smallest absolute Gasteiger partial charge is 0.232 e. The molecule has 1 aromatic heterocycles. The summed E-state index contributed by atoms with van der Waals surface area (Å²) in [6.07, 6.45) is 9.34. The number of thiazole rings is 1. The van der Waals surface area contributed by atoms with Gasteiger partial charge >= 0.3 is 0 Å². The first kappa shape index (κ1) is 18.0. The van der Waals surface area contributed by atoms with Gasteiger partial charge in [-0.05, 0) is 25.7 Å². The molecule has 5 nitrogen and oxygen atoms in total. The third-order valence-corrected chi connectivity index (χ3v) is 7.72. The molecular weight excluding hydrogens is 346 g/mol. The molecule has 2 heterocycles. The van der Waals surface area contributed by atoms with E-state index < -0.39 is 0 Å². The quantitative estimate of drug-likeness (QED) is 0.864. The zero-order chi connectivity index (χ0) is 18.4. The number of fused-ring (bicyclic) bond motifs is 1. The van der Waals surface area contributed by atoms with Gasteiger partial charge in [0.2, 0.25) is 11.8 Å². The summed E-state index contributed by atoms with van der Waals surface area (Å²) >= 11 is 1.55. The molecule has 0 spiro atoms. The summed E-state index contributed by atoms with van der Waals surface area (Å²) in [4.78, 5) is 33.4.